The van der Waals surface area contributed by atoms with Crippen LogP contribution in [0.5, 0.6) is 0 Å². The number of primary amides is 1. The molecule has 13 heteroatoms. The third-order valence-corrected chi connectivity index (χ3v) is 5.74. The van der Waals surface area contributed by atoms with Crippen molar-refractivity contribution >= 4 is 46.4 Å². The molecule has 3 N–H and O–H groups in total. The molecule has 7 nitrogen and oxygen atoms in total. The Hall–Kier alpha value is -3.31. The lowest BCUT2D eigenvalue weighted by Gasteiger charge is -2.15. The molecule has 0 bridgehead atoms. The third-order valence-electron chi connectivity index (χ3n) is 5.13. The quantitative estimate of drug-likeness (QED) is 0.479. The number of nitrogens with one attached hydrogen (secondary N) is 1. The SMILES string of the molecule is NC(=O)c1nn(-c2c(Cl)cccc2Cl)cc1Nc1ccc(C(=O)N2CC(F)(F)C(F)(F)C2)cc1. The highest BCUT2D eigenvalue weighted by Gasteiger charge is 2.63. The van der Waals surface area contributed by atoms with Gasteiger partial charge in [-0.3, -0.25) is 9.59 Å². The molecule has 3 aromatic rings. The number of rotatable bonds is 5. The van der Waals surface area contributed by atoms with Crippen LogP contribution in [0.2, 0.25) is 10.0 Å². The zero-order valence-corrected chi connectivity index (χ0v) is 18.5. The Labute approximate surface area is 200 Å². The van der Waals surface area contributed by atoms with Crippen molar-refractivity contribution in [1.82, 2.24) is 14.7 Å². The van der Waals surface area contributed by atoms with E-state index in [0.29, 0.717) is 16.3 Å². The number of hydrogen-bond donors (Lipinski definition) is 2. The van der Waals surface area contributed by atoms with Crippen molar-refractivity contribution in [1.29, 1.82) is 0 Å². The lowest BCUT2D eigenvalue weighted by atomic mass is 10.1. The summed E-state index contributed by atoms with van der Waals surface area (Å²) in [4.78, 5) is 24.7. The van der Waals surface area contributed by atoms with Gasteiger partial charge in [0.15, 0.2) is 5.69 Å². The number of carbonyl (C=O) groups excluding carboxylic acids is 2. The predicted octanol–water partition coefficient (Wildman–Crippen LogP) is 4.75. The molecule has 0 atom stereocenters. The van der Waals surface area contributed by atoms with Crippen LogP contribution in [0.1, 0.15) is 20.8 Å². The number of hydrogen-bond acceptors (Lipinski definition) is 4. The highest BCUT2D eigenvalue weighted by atomic mass is 35.5. The number of likely N-dealkylation sites (tertiary alicyclic amines) is 1. The number of nitrogens with two attached hydrogens (primary N) is 1. The molecule has 2 aromatic carbocycles. The minimum atomic E-state index is -4.29. The summed E-state index contributed by atoms with van der Waals surface area (Å²) in [6.07, 6.45) is 1.43. The normalized spacial score (nSPS) is 16.5. The molecule has 178 valence electrons. The molecule has 0 unspecified atom stereocenters. The van der Waals surface area contributed by atoms with Crippen LogP contribution < -0.4 is 11.1 Å². The van der Waals surface area contributed by atoms with Crippen molar-refractivity contribution in [3.05, 3.63) is 70.0 Å². The van der Waals surface area contributed by atoms with E-state index in [-0.39, 0.29) is 27.0 Å². The number of benzene rings is 2. The van der Waals surface area contributed by atoms with E-state index in [4.69, 9.17) is 28.9 Å². The molecule has 2 heterocycles. The Balaban J connectivity index is 1.57. The maximum absolute atomic E-state index is 13.4. The van der Waals surface area contributed by atoms with Gasteiger partial charge in [0.05, 0.1) is 35.0 Å². The summed E-state index contributed by atoms with van der Waals surface area (Å²) < 4.78 is 54.9. The monoisotopic (exact) mass is 515 g/mol. The largest absolute Gasteiger partial charge is 0.364 e. The molecule has 1 aliphatic heterocycles. The summed E-state index contributed by atoms with van der Waals surface area (Å²) >= 11 is 12.4. The van der Waals surface area contributed by atoms with Crippen LogP contribution >= 0.6 is 23.2 Å². The topological polar surface area (TPSA) is 93.2 Å². The van der Waals surface area contributed by atoms with Crippen LogP contribution in [0.25, 0.3) is 5.69 Å². The molecule has 4 rings (SSSR count). The zero-order chi connectivity index (χ0) is 24.8. The number of halogens is 6. The number of para-hydroxylation sites is 1. The zero-order valence-electron chi connectivity index (χ0n) is 17.0. The molecule has 34 heavy (non-hydrogen) atoms. The second kappa shape index (κ2) is 8.48. The maximum Gasteiger partial charge on any atom is 0.329 e. The van der Waals surface area contributed by atoms with Gasteiger partial charge in [-0.2, -0.15) is 22.7 Å². The number of amides is 2. The summed E-state index contributed by atoms with van der Waals surface area (Å²) in [7, 11) is 0. The first-order chi connectivity index (χ1) is 15.9. The summed E-state index contributed by atoms with van der Waals surface area (Å²) in [5, 5.41) is 7.59. The molecule has 0 radical (unpaired) electrons. The number of anilines is 2. The van der Waals surface area contributed by atoms with Crippen LogP contribution in [0.4, 0.5) is 28.9 Å². The van der Waals surface area contributed by atoms with Crippen molar-refractivity contribution in [2.75, 3.05) is 18.4 Å². The fraction of sp³-hybridized carbons (Fsp3) is 0.190. The molecule has 1 aromatic heterocycles. The summed E-state index contributed by atoms with van der Waals surface area (Å²) in [6, 6.07) is 10.2. The standard InChI is InChI=1S/C21H15Cl2F4N5O2/c22-13-2-1-3-14(23)17(13)32-8-15(16(30-32)18(28)33)29-12-6-4-11(5-7-12)19(34)31-9-20(24,25)21(26,27)10-31/h1-8,29H,9-10H2,(H2,28,33). The summed E-state index contributed by atoms with van der Waals surface area (Å²) in [6.45, 7) is -2.74. The number of carbonyl (C=O) groups is 2. The number of alkyl halides is 4. The minimum Gasteiger partial charge on any atom is -0.364 e. The smallest absolute Gasteiger partial charge is 0.329 e. The van der Waals surface area contributed by atoms with Gasteiger partial charge in [0.1, 0.15) is 5.69 Å². The van der Waals surface area contributed by atoms with E-state index in [1.165, 1.54) is 35.1 Å². The van der Waals surface area contributed by atoms with Crippen LogP contribution in [-0.4, -0.2) is 51.4 Å². The molecule has 1 saturated heterocycles. The molecule has 1 fully saturated rings. The van der Waals surface area contributed by atoms with Crippen molar-refractivity contribution in [3.63, 3.8) is 0 Å². The van der Waals surface area contributed by atoms with E-state index >= 15 is 0 Å². The predicted molar refractivity (Wildman–Crippen MR) is 118 cm³/mol. The third kappa shape index (κ3) is 4.28. The van der Waals surface area contributed by atoms with Crippen LogP contribution in [0, 0.1) is 0 Å². The van der Waals surface area contributed by atoms with E-state index in [0.717, 1.165) is 0 Å². The van der Waals surface area contributed by atoms with Gasteiger partial charge in [0, 0.05) is 11.3 Å². The van der Waals surface area contributed by atoms with Crippen LogP contribution in [0.15, 0.2) is 48.7 Å². The van der Waals surface area contributed by atoms with Crippen molar-refractivity contribution < 1.29 is 27.2 Å². The lowest BCUT2D eigenvalue weighted by molar-refractivity contribution is -0.172. The number of aromatic nitrogens is 2. The number of nitrogens with zero attached hydrogens (tertiary/aromatic N) is 3. The fourth-order valence-corrected chi connectivity index (χ4v) is 3.98. The second-order valence-corrected chi connectivity index (χ2v) is 8.36. The van der Waals surface area contributed by atoms with Gasteiger partial charge in [-0.05, 0) is 36.4 Å². The average molecular weight is 516 g/mol. The van der Waals surface area contributed by atoms with Gasteiger partial charge in [-0.15, -0.1) is 0 Å². The summed E-state index contributed by atoms with van der Waals surface area (Å²) in [5.74, 6) is -10.4. The van der Waals surface area contributed by atoms with Gasteiger partial charge >= 0.3 is 11.8 Å². The molecule has 2 amide bonds. The van der Waals surface area contributed by atoms with Gasteiger partial charge in [-0.1, -0.05) is 29.3 Å². The Kier molecular flexibility index (Phi) is 5.94. The van der Waals surface area contributed by atoms with Crippen LogP contribution in [-0.2, 0) is 0 Å². The first-order valence-corrected chi connectivity index (χ1v) is 10.4. The molecule has 0 aliphatic carbocycles. The maximum atomic E-state index is 13.4. The molecular formula is C21H15Cl2F4N5O2. The molecule has 1 aliphatic rings. The van der Waals surface area contributed by atoms with E-state index < -0.39 is 36.7 Å². The van der Waals surface area contributed by atoms with Gasteiger partial charge in [-0.25, -0.2) is 4.68 Å². The Morgan fingerprint density at radius 3 is 2.06 bits per heavy atom. The first-order valence-electron chi connectivity index (χ1n) is 9.65. The summed E-state index contributed by atoms with van der Waals surface area (Å²) in [5.41, 5.74) is 6.12. The van der Waals surface area contributed by atoms with Gasteiger partial charge in [0.2, 0.25) is 0 Å². The Bertz CT molecular complexity index is 1240. The fourth-order valence-electron chi connectivity index (χ4n) is 3.41. The van der Waals surface area contributed by atoms with Crippen molar-refractivity contribution in [3.8, 4) is 5.69 Å². The van der Waals surface area contributed by atoms with E-state index in [9.17, 15) is 27.2 Å². The highest BCUT2D eigenvalue weighted by molar-refractivity contribution is 6.37. The first kappa shape index (κ1) is 23.8. The van der Waals surface area contributed by atoms with E-state index in [1.807, 2.05) is 0 Å². The molecular weight excluding hydrogens is 501 g/mol. The van der Waals surface area contributed by atoms with Crippen molar-refractivity contribution in [2.45, 2.75) is 11.8 Å². The minimum absolute atomic E-state index is 0.0623. The van der Waals surface area contributed by atoms with E-state index in [2.05, 4.69) is 10.4 Å². The Morgan fingerprint density at radius 2 is 1.53 bits per heavy atom. The molecule has 0 spiro atoms. The van der Waals surface area contributed by atoms with E-state index in [1.54, 1.807) is 18.2 Å². The van der Waals surface area contributed by atoms with Gasteiger partial charge < -0.3 is 16.0 Å². The highest BCUT2D eigenvalue weighted by Crippen LogP contribution is 2.41. The van der Waals surface area contributed by atoms with Gasteiger partial charge in [0.25, 0.3) is 11.8 Å². The Morgan fingerprint density at radius 1 is 0.971 bits per heavy atom. The van der Waals surface area contributed by atoms with Crippen molar-refractivity contribution in [2.24, 2.45) is 5.73 Å². The molecule has 0 saturated carbocycles. The average Bonchev–Trinajstić information content (AvgIpc) is 3.25. The lowest BCUT2D eigenvalue weighted by Crippen LogP contribution is -2.38. The second-order valence-electron chi connectivity index (χ2n) is 7.54. The van der Waals surface area contributed by atoms with Crippen LogP contribution in [0.3, 0.4) is 0 Å².